The van der Waals surface area contributed by atoms with Gasteiger partial charge in [-0.05, 0) is 143 Å². The number of nitrogens with zero attached hydrogens (tertiary/aromatic N) is 4. The van der Waals surface area contributed by atoms with Gasteiger partial charge in [0.05, 0.1) is 25.2 Å². The lowest BCUT2D eigenvalue weighted by Gasteiger charge is -2.53. The Bertz CT molecular complexity index is 3270. The fourth-order valence-electron chi connectivity index (χ4n) is 13.4. The minimum absolute atomic E-state index is 0.00379. The summed E-state index contributed by atoms with van der Waals surface area (Å²) >= 11 is 3.63. The van der Waals surface area contributed by atoms with Gasteiger partial charge >= 0.3 is 24.4 Å². The molecule has 4 amide bonds. The van der Waals surface area contributed by atoms with Crippen molar-refractivity contribution in [3.8, 4) is 0 Å². The molecule has 0 aromatic heterocycles. The molecule has 0 radical (unpaired) electrons. The number of hydrogen-bond donors (Lipinski definition) is 0. The predicted octanol–water partition coefficient (Wildman–Crippen LogP) is 16.7. The maximum Gasteiger partial charge on any atom is 0.411 e. The van der Waals surface area contributed by atoms with E-state index in [0.717, 1.165) is 71.7 Å². The molecule has 10 atom stereocenters. The summed E-state index contributed by atoms with van der Waals surface area (Å²) in [5, 5.41) is 0.858. The highest BCUT2D eigenvalue weighted by Gasteiger charge is 2.63. The molecule has 2 saturated heterocycles. The zero-order valence-electron chi connectivity index (χ0n) is 59.8. The monoisotopic (exact) mass is 1410 g/mol. The third kappa shape index (κ3) is 22.0. The Balaban J connectivity index is 1.31. The summed E-state index contributed by atoms with van der Waals surface area (Å²) in [6.07, 6.45) is -3.12. The average molecular weight is 1420 g/mol. The Hall–Kier alpha value is -6.58. The van der Waals surface area contributed by atoms with Gasteiger partial charge in [-0.1, -0.05) is 187 Å². The lowest BCUT2D eigenvalue weighted by Crippen LogP contribution is -2.71. The van der Waals surface area contributed by atoms with Crippen LogP contribution in [0.15, 0.2) is 152 Å². The van der Waals surface area contributed by atoms with Gasteiger partial charge in [0.1, 0.15) is 65.1 Å². The van der Waals surface area contributed by atoms with Crippen LogP contribution in [-0.4, -0.2) is 152 Å². The van der Waals surface area contributed by atoms with Crippen LogP contribution in [0, 0.1) is 0 Å². The van der Waals surface area contributed by atoms with Crippen molar-refractivity contribution in [2.75, 3.05) is 18.5 Å². The maximum absolute atomic E-state index is 15.9. The van der Waals surface area contributed by atoms with E-state index in [4.69, 9.17) is 47.4 Å². The minimum Gasteiger partial charge on any atom is -0.444 e. The molecule has 2 heterocycles. The predicted molar refractivity (Wildman–Crippen MR) is 380 cm³/mol. The summed E-state index contributed by atoms with van der Waals surface area (Å²) in [5.41, 5.74) is 0.357. The van der Waals surface area contributed by atoms with E-state index in [1.54, 1.807) is 19.6 Å². The number of unbranched alkanes of at least 4 members (excludes halogenated alkanes) is 3. The standard InChI is InChI=1S/C79H107BrN4O14/c1-75(2,3)95-71(85)81(50-56-35-21-15-22-36-56)54-63-67(90-55-60-43-29-19-30-44-60)68(89-48-34-14-13-33-47-80)64(84(74(88)98-78(10,11)12)53-59-41-27-18-28-42-59)70(91-63)92-65-61(82(72(86)96-76(4,5)6)51-57-37-23-16-24-38-57)49-62(66-69(65)94-79(93-66)45-31-20-32-46-79)83(73(87)97-77(7,8)9)52-58-39-25-17-26-40-58/h15-19,21-30,35-44,61-70H,13-14,20,31-34,45-55H2,1-12H3/t61-,62+,63+,64+,65+,66-,67+,68+,69-,70+/m0/s1. The van der Waals surface area contributed by atoms with Crippen molar-refractivity contribution in [1.82, 2.24) is 19.6 Å². The van der Waals surface area contributed by atoms with Gasteiger partial charge in [-0.15, -0.1) is 0 Å². The van der Waals surface area contributed by atoms with Crippen LogP contribution in [0.3, 0.4) is 0 Å². The number of fused-ring (bicyclic) bond motifs is 1. The molecule has 2 aliphatic carbocycles. The molecule has 5 aromatic carbocycles. The quantitative estimate of drug-likeness (QED) is 0.0307. The van der Waals surface area contributed by atoms with E-state index in [-0.39, 0.29) is 52.4 Å². The van der Waals surface area contributed by atoms with Crippen LogP contribution in [0.2, 0.25) is 0 Å². The molecular formula is C79H107BrN4O14. The fourth-order valence-corrected chi connectivity index (χ4v) is 13.8. The van der Waals surface area contributed by atoms with Crippen LogP contribution in [-0.2, 0) is 80.2 Å². The van der Waals surface area contributed by atoms with Crippen LogP contribution in [0.5, 0.6) is 0 Å². The first-order valence-electron chi connectivity index (χ1n) is 35.3. The Morgan fingerprint density at radius 3 is 1.36 bits per heavy atom. The molecule has 5 aromatic rings. The Kier molecular flexibility index (Phi) is 26.4. The smallest absolute Gasteiger partial charge is 0.411 e. The van der Waals surface area contributed by atoms with Crippen LogP contribution in [0.4, 0.5) is 19.2 Å². The van der Waals surface area contributed by atoms with Crippen molar-refractivity contribution in [2.24, 2.45) is 0 Å². The number of carbonyl (C=O) groups is 4. The van der Waals surface area contributed by atoms with E-state index in [1.165, 1.54) is 0 Å². The van der Waals surface area contributed by atoms with Crippen molar-refractivity contribution < 1.29 is 66.5 Å². The Morgan fingerprint density at radius 2 is 0.878 bits per heavy atom. The number of alkyl halides is 1. The summed E-state index contributed by atoms with van der Waals surface area (Å²) in [7, 11) is 0. The van der Waals surface area contributed by atoms with Crippen molar-refractivity contribution in [3.05, 3.63) is 179 Å². The van der Waals surface area contributed by atoms with Crippen molar-refractivity contribution >= 4 is 40.3 Å². The second-order valence-electron chi connectivity index (χ2n) is 30.5. The molecule has 18 nitrogen and oxygen atoms in total. The fraction of sp³-hybridized carbons (Fsp3) is 0.570. The average Bonchev–Trinajstić information content (AvgIpc) is 1.47. The lowest BCUT2D eigenvalue weighted by atomic mass is 9.81. The Labute approximate surface area is 590 Å². The number of ether oxygens (including phenoxy) is 10. The zero-order valence-corrected chi connectivity index (χ0v) is 61.4. The van der Waals surface area contributed by atoms with Crippen molar-refractivity contribution in [3.63, 3.8) is 0 Å². The minimum atomic E-state index is -1.50. The van der Waals surface area contributed by atoms with Gasteiger partial charge in [0, 0.05) is 51.0 Å². The number of rotatable bonds is 25. The number of hydrogen-bond acceptors (Lipinski definition) is 14. The first-order valence-corrected chi connectivity index (χ1v) is 36.4. The van der Waals surface area contributed by atoms with Gasteiger partial charge in [0.2, 0.25) is 0 Å². The van der Waals surface area contributed by atoms with Gasteiger partial charge in [-0.25, -0.2) is 19.2 Å². The lowest BCUT2D eigenvalue weighted by molar-refractivity contribution is -0.321. The third-order valence-corrected chi connectivity index (χ3v) is 18.2. The molecule has 0 unspecified atom stereocenters. The Morgan fingerprint density at radius 1 is 0.459 bits per heavy atom. The second-order valence-corrected chi connectivity index (χ2v) is 31.3. The highest BCUT2D eigenvalue weighted by Crippen LogP contribution is 2.49. The molecule has 2 aliphatic heterocycles. The van der Waals surface area contributed by atoms with E-state index >= 15 is 19.2 Å². The second kappa shape index (κ2) is 34.2. The number of halogens is 1. The normalized spacial score (nSPS) is 23.2. The maximum atomic E-state index is 15.9. The molecule has 4 fully saturated rings. The summed E-state index contributed by atoms with van der Waals surface area (Å²) < 4.78 is 71.6. The van der Waals surface area contributed by atoms with Gasteiger partial charge < -0.3 is 52.3 Å². The van der Waals surface area contributed by atoms with Crippen LogP contribution < -0.4 is 0 Å². The number of carbonyl (C=O) groups excluding carboxylic acids is 4. The molecule has 98 heavy (non-hydrogen) atoms. The molecule has 19 heteroatoms. The van der Waals surface area contributed by atoms with Gasteiger partial charge in [-0.2, -0.15) is 0 Å². The van der Waals surface area contributed by atoms with E-state index in [0.29, 0.717) is 19.3 Å². The highest BCUT2D eigenvalue weighted by molar-refractivity contribution is 9.09. The molecular weight excluding hydrogens is 1310 g/mol. The SMILES string of the molecule is CC(C)(C)OC(=O)N(Cc1ccccc1)C[C@H]1O[C@H](O[C@H]2[C@@H]3OC4(CCCCC4)O[C@H]3[C@H](N(Cc3ccccc3)C(=O)OC(C)(C)C)C[C@@H]2N(Cc2ccccc2)C(=O)OC(C)(C)C)[C@H](N(Cc2ccccc2)C(=O)OC(C)(C)C)[C@@H](OCCCCCCBr)[C@@H]1OCc1ccccc1. The third-order valence-electron chi connectivity index (χ3n) is 17.6. The first kappa shape index (κ1) is 75.6. The summed E-state index contributed by atoms with van der Waals surface area (Å²) in [6.45, 7) is 22.5. The first-order chi connectivity index (χ1) is 46.6. The van der Waals surface area contributed by atoms with E-state index in [2.05, 4.69) is 15.9 Å². The van der Waals surface area contributed by atoms with Crippen molar-refractivity contribution in [1.29, 1.82) is 0 Å². The molecule has 0 bridgehead atoms. The number of amides is 4. The molecule has 2 saturated carbocycles. The zero-order chi connectivity index (χ0) is 70.3. The molecule has 4 aliphatic rings. The van der Waals surface area contributed by atoms with Gasteiger partial charge in [-0.3, -0.25) is 14.7 Å². The molecule has 9 rings (SSSR count). The van der Waals surface area contributed by atoms with Crippen LogP contribution in [0.25, 0.3) is 0 Å². The van der Waals surface area contributed by atoms with Crippen molar-refractivity contribution in [2.45, 2.75) is 269 Å². The highest BCUT2D eigenvalue weighted by atomic mass is 79.9. The largest absolute Gasteiger partial charge is 0.444 e. The summed E-state index contributed by atoms with van der Waals surface area (Å²) in [5.74, 6) is -1.13. The topological polar surface area (TPSA) is 174 Å². The van der Waals surface area contributed by atoms with Crippen LogP contribution in [0.1, 0.15) is 175 Å². The summed E-state index contributed by atoms with van der Waals surface area (Å²) in [4.78, 5) is 69.0. The van der Waals surface area contributed by atoms with Crippen LogP contribution >= 0.6 is 15.9 Å². The van der Waals surface area contributed by atoms with Gasteiger partial charge in [0.15, 0.2) is 12.1 Å². The molecule has 0 N–H and O–H groups in total. The summed E-state index contributed by atoms with van der Waals surface area (Å²) in [6, 6.07) is 45.6. The van der Waals surface area contributed by atoms with E-state index < -0.39 is 114 Å². The van der Waals surface area contributed by atoms with Gasteiger partial charge in [0.25, 0.3) is 0 Å². The molecule has 534 valence electrons. The number of benzene rings is 5. The van der Waals surface area contributed by atoms with E-state index in [1.807, 2.05) is 235 Å². The van der Waals surface area contributed by atoms with E-state index in [9.17, 15) is 0 Å². The molecule has 1 spiro atoms.